The first-order valence-electron chi connectivity index (χ1n) is 7.67. The van der Waals surface area contributed by atoms with E-state index in [1.165, 1.54) is 21.3 Å². The van der Waals surface area contributed by atoms with E-state index >= 15 is 0 Å². The van der Waals surface area contributed by atoms with Crippen molar-refractivity contribution in [2.75, 3.05) is 0 Å². The Morgan fingerprint density at radius 3 is 2.33 bits per heavy atom. The molecule has 2 N–H and O–H groups in total. The predicted molar refractivity (Wildman–Crippen MR) is 99.2 cm³/mol. The van der Waals surface area contributed by atoms with Gasteiger partial charge in [0.1, 0.15) is 0 Å². The first-order chi connectivity index (χ1) is 12.6. The van der Waals surface area contributed by atoms with Gasteiger partial charge in [-0.15, -0.1) is 0 Å². The van der Waals surface area contributed by atoms with Gasteiger partial charge in [0.15, 0.2) is 0 Å². The average Bonchev–Trinajstić information content (AvgIpc) is 2.95. The fourth-order valence-electron chi connectivity index (χ4n) is 2.57. The van der Waals surface area contributed by atoms with Gasteiger partial charge < -0.3 is 9.79 Å². The highest BCUT2D eigenvalue weighted by Gasteiger charge is 2.51. The van der Waals surface area contributed by atoms with Crippen LogP contribution in [0, 0.1) is 0 Å². The second kappa shape index (κ2) is 7.16. The van der Waals surface area contributed by atoms with Crippen molar-refractivity contribution >= 4 is 23.5 Å². The Morgan fingerprint density at radius 1 is 1.07 bits per heavy atom. The number of halogens is 3. The van der Waals surface area contributed by atoms with Crippen LogP contribution in [0.1, 0.15) is 11.1 Å². The Hall–Kier alpha value is -2.06. The topological polar surface area (TPSA) is 84.5 Å². The van der Waals surface area contributed by atoms with Crippen LogP contribution in [0.15, 0.2) is 70.2 Å². The van der Waals surface area contributed by atoms with Crippen LogP contribution in [0.5, 0.6) is 0 Å². The van der Waals surface area contributed by atoms with Crippen molar-refractivity contribution in [2.45, 2.75) is 12.2 Å². The van der Waals surface area contributed by atoms with Crippen molar-refractivity contribution < 1.29 is 23.1 Å². The van der Waals surface area contributed by atoms with E-state index in [2.05, 4.69) is 15.9 Å². The number of aromatic nitrogens is 2. The third kappa shape index (κ3) is 3.82. The van der Waals surface area contributed by atoms with E-state index < -0.39 is 18.8 Å². The van der Waals surface area contributed by atoms with E-state index in [1.807, 2.05) is 6.07 Å². The number of nitrogens with zero attached hydrogens (tertiary/aromatic N) is 2. The lowest BCUT2D eigenvalue weighted by Gasteiger charge is -2.19. The molecule has 1 aromatic heterocycles. The Labute approximate surface area is 161 Å². The van der Waals surface area contributed by atoms with Gasteiger partial charge in [-0.1, -0.05) is 46.3 Å². The van der Waals surface area contributed by atoms with E-state index in [1.54, 1.807) is 36.7 Å². The van der Waals surface area contributed by atoms with Crippen LogP contribution in [0.3, 0.4) is 0 Å². The largest absolute Gasteiger partial charge is 0.399 e. The van der Waals surface area contributed by atoms with Gasteiger partial charge >= 0.3 is 18.9 Å². The molecule has 0 bridgehead atoms. The van der Waals surface area contributed by atoms with Gasteiger partial charge in [0.25, 0.3) is 0 Å². The SMILES string of the molecule is O=c1n(Cc2ccc(C(F)(F)P(=O)(O)O)c(Br)c2)ccn1-c1ccccc1. The number of hydrogen-bond donors (Lipinski definition) is 2. The molecule has 0 atom stereocenters. The molecule has 1 heterocycles. The Morgan fingerprint density at radius 2 is 1.74 bits per heavy atom. The molecule has 0 aliphatic rings. The van der Waals surface area contributed by atoms with Crippen LogP contribution in [0.2, 0.25) is 0 Å². The molecule has 0 spiro atoms. The van der Waals surface area contributed by atoms with E-state index in [9.17, 15) is 18.1 Å². The standard InChI is InChI=1S/C17H14BrF2N2O4P/c18-15-10-12(6-7-14(15)17(19,20)27(24,25)26)11-21-8-9-22(16(21)23)13-4-2-1-3-5-13/h1-10H,11H2,(H2,24,25,26). The van der Waals surface area contributed by atoms with E-state index in [-0.39, 0.29) is 16.7 Å². The molecule has 3 aromatic rings. The third-order valence-electron chi connectivity index (χ3n) is 3.96. The third-order valence-corrected chi connectivity index (χ3v) is 5.59. The number of benzene rings is 2. The summed E-state index contributed by atoms with van der Waals surface area (Å²) in [6.07, 6.45) is 3.17. The van der Waals surface area contributed by atoms with Gasteiger partial charge in [0, 0.05) is 22.4 Å². The molecule has 0 amide bonds. The second-order valence-corrected chi connectivity index (χ2v) is 8.32. The van der Waals surface area contributed by atoms with Gasteiger partial charge in [-0.2, -0.15) is 8.78 Å². The summed E-state index contributed by atoms with van der Waals surface area (Å²) in [5.74, 6) is 0. The summed E-state index contributed by atoms with van der Waals surface area (Å²) in [4.78, 5) is 30.2. The van der Waals surface area contributed by atoms with E-state index in [0.29, 0.717) is 11.3 Å². The Balaban J connectivity index is 1.90. The van der Waals surface area contributed by atoms with Gasteiger partial charge in [0.05, 0.1) is 12.2 Å². The van der Waals surface area contributed by atoms with Crippen molar-refractivity contribution in [2.24, 2.45) is 0 Å². The highest BCUT2D eigenvalue weighted by Crippen LogP contribution is 2.60. The zero-order valence-corrected chi connectivity index (χ0v) is 16.1. The summed E-state index contributed by atoms with van der Waals surface area (Å²) in [5.41, 5.74) is -4.22. The summed E-state index contributed by atoms with van der Waals surface area (Å²) in [5, 5.41) is 0. The molecule has 2 aromatic carbocycles. The zero-order chi connectivity index (χ0) is 19.8. The normalized spacial score (nSPS) is 12.3. The molecular weight excluding hydrogens is 445 g/mol. The minimum Gasteiger partial charge on any atom is -0.320 e. The fraction of sp³-hybridized carbons (Fsp3) is 0.118. The Kier molecular flexibility index (Phi) is 5.22. The minimum absolute atomic E-state index is 0.110. The van der Waals surface area contributed by atoms with Crippen molar-refractivity contribution in [1.29, 1.82) is 0 Å². The lowest BCUT2D eigenvalue weighted by atomic mass is 10.1. The minimum atomic E-state index is -5.66. The summed E-state index contributed by atoms with van der Waals surface area (Å²) in [6, 6.07) is 12.5. The van der Waals surface area contributed by atoms with Gasteiger partial charge in [-0.3, -0.25) is 13.7 Å². The summed E-state index contributed by atoms with van der Waals surface area (Å²) >= 11 is 2.93. The number of para-hydroxylation sites is 1. The molecule has 142 valence electrons. The molecule has 0 saturated carbocycles. The quantitative estimate of drug-likeness (QED) is 0.571. The molecule has 0 fully saturated rings. The molecule has 0 saturated heterocycles. The molecule has 0 aliphatic heterocycles. The summed E-state index contributed by atoms with van der Waals surface area (Å²) in [6.45, 7) is 0.110. The van der Waals surface area contributed by atoms with Gasteiger partial charge in [-0.25, -0.2) is 4.79 Å². The molecule has 3 rings (SSSR count). The van der Waals surface area contributed by atoms with Crippen LogP contribution in [-0.4, -0.2) is 18.9 Å². The molecule has 27 heavy (non-hydrogen) atoms. The second-order valence-electron chi connectivity index (χ2n) is 5.81. The molecule has 0 unspecified atom stereocenters. The van der Waals surface area contributed by atoms with Crippen LogP contribution in [0.4, 0.5) is 8.78 Å². The predicted octanol–water partition coefficient (Wildman–Crippen LogP) is 3.68. The average molecular weight is 459 g/mol. The maximum absolute atomic E-state index is 13.9. The van der Waals surface area contributed by atoms with Gasteiger partial charge in [0.2, 0.25) is 0 Å². The van der Waals surface area contributed by atoms with E-state index in [4.69, 9.17) is 9.79 Å². The number of hydrogen-bond acceptors (Lipinski definition) is 2. The van der Waals surface area contributed by atoms with Crippen LogP contribution in [0.25, 0.3) is 5.69 Å². The first-order valence-corrected chi connectivity index (χ1v) is 10.1. The van der Waals surface area contributed by atoms with Crippen molar-refractivity contribution in [3.8, 4) is 5.69 Å². The highest BCUT2D eigenvalue weighted by molar-refractivity contribution is 9.10. The van der Waals surface area contributed by atoms with Crippen LogP contribution < -0.4 is 5.69 Å². The maximum Gasteiger partial charge on any atom is 0.399 e. The highest BCUT2D eigenvalue weighted by atomic mass is 79.9. The summed E-state index contributed by atoms with van der Waals surface area (Å²) in [7, 11) is -5.66. The lowest BCUT2D eigenvalue weighted by Crippen LogP contribution is -2.23. The van der Waals surface area contributed by atoms with Crippen LogP contribution >= 0.6 is 23.5 Å². The smallest absolute Gasteiger partial charge is 0.320 e. The van der Waals surface area contributed by atoms with Crippen molar-refractivity contribution in [3.63, 3.8) is 0 Å². The monoisotopic (exact) mass is 458 g/mol. The molecule has 0 radical (unpaired) electrons. The lowest BCUT2D eigenvalue weighted by molar-refractivity contribution is 0.0557. The molecule has 0 aliphatic carbocycles. The zero-order valence-electron chi connectivity index (χ0n) is 13.7. The number of rotatable bonds is 5. The number of imidazole rings is 1. The van der Waals surface area contributed by atoms with E-state index in [0.717, 1.165) is 6.07 Å². The first kappa shape index (κ1) is 19.7. The molecule has 6 nitrogen and oxygen atoms in total. The fourth-order valence-corrected chi connectivity index (χ4v) is 3.91. The molecule has 10 heteroatoms. The molecular formula is C17H14BrF2N2O4P. The van der Waals surface area contributed by atoms with Crippen LogP contribution in [-0.2, 0) is 16.8 Å². The van der Waals surface area contributed by atoms with Crippen molar-refractivity contribution in [1.82, 2.24) is 9.13 Å². The number of alkyl halides is 2. The Bertz CT molecular complexity index is 1080. The van der Waals surface area contributed by atoms with Gasteiger partial charge in [-0.05, 0) is 23.8 Å². The summed E-state index contributed by atoms with van der Waals surface area (Å²) < 4.78 is 41.5. The maximum atomic E-state index is 13.9. The van der Waals surface area contributed by atoms with Crippen molar-refractivity contribution in [3.05, 3.63) is 87.0 Å².